The highest BCUT2D eigenvalue weighted by Gasteiger charge is 2.26. The lowest BCUT2D eigenvalue weighted by Gasteiger charge is -2.31. The highest BCUT2D eigenvalue weighted by atomic mass is 19.1. The van der Waals surface area contributed by atoms with E-state index in [1.807, 2.05) is 0 Å². The van der Waals surface area contributed by atoms with Gasteiger partial charge in [-0.2, -0.15) is 0 Å². The van der Waals surface area contributed by atoms with Crippen molar-refractivity contribution in [3.05, 3.63) is 78.0 Å². The second-order valence-corrected chi connectivity index (χ2v) is 8.23. The van der Waals surface area contributed by atoms with Gasteiger partial charge < -0.3 is 29.4 Å². The average Bonchev–Trinajstić information content (AvgIpc) is 3.44. The molecule has 1 aliphatic heterocycles. The van der Waals surface area contributed by atoms with Gasteiger partial charge in [0.1, 0.15) is 5.82 Å². The Morgan fingerprint density at radius 3 is 2.47 bits per heavy atom. The number of amides is 3. The Balaban J connectivity index is 1.28. The van der Waals surface area contributed by atoms with Crippen molar-refractivity contribution in [2.24, 2.45) is 0 Å². The van der Waals surface area contributed by atoms with Crippen molar-refractivity contribution < 1.29 is 32.7 Å². The lowest BCUT2D eigenvalue weighted by atomic mass is 10.0. The molecule has 3 aromatic rings. The second kappa shape index (κ2) is 11.4. The lowest BCUT2D eigenvalue weighted by molar-refractivity contribution is -0.118. The number of carbonyl (C=O) groups excluding carboxylic acids is 3. The number of carbonyl (C=O) groups is 3. The zero-order chi connectivity index (χ0) is 25.5. The van der Waals surface area contributed by atoms with E-state index in [4.69, 9.17) is 13.9 Å². The fourth-order valence-electron chi connectivity index (χ4n) is 3.85. The Morgan fingerprint density at radius 2 is 1.81 bits per heavy atom. The first-order valence-electron chi connectivity index (χ1n) is 11.4. The SMILES string of the molecule is COc1cc(C(=O)NC2CCN(C(=O)c3ccco3)CC2)ccc1OCC(=O)Nc1ccc(F)cc1. The molecule has 1 aliphatic rings. The molecule has 0 radical (unpaired) electrons. The smallest absolute Gasteiger partial charge is 0.289 e. The molecule has 1 saturated heterocycles. The second-order valence-electron chi connectivity index (χ2n) is 8.23. The molecular formula is C26H26FN3O6. The minimum atomic E-state index is -0.428. The molecule has 0 bridgehead atoms. The molecule has 0 atom stereocenters. The number of likely N-dealkylation sites (tertiary alicyclic amines) is 1. The molecule has 3 amide bonds. The largest absolute Gasteiger partial charge is 0.493 e. The number of benzene rings is 2. The topological polar surface area (TPSA) is 110 Å². The maximum Gasteiger partial charge on any atom is 0.289 e. The van der Waals surface area contributed by atoms with E-state index in [1.165, 1.54) is 43.7 Å². The van der Waals surface area contributed by atoms with Gasteiger partial charge in [-0.15, -0.1) is 0 Å². The number of rotatable bonds is 8. The minimum absolute atomic E-state index is 0.0739. The van der Waals surface area contributed by atoms with E-state index in [0.717, 1.165) is 0 Å². The molecular weight excluding hydrogens is 469 g/mol. The van der Waals surface area contributed by atoms with Crippen LogP contribution < -0.4 is 20.1 Å². The summed E-state index contributed by atoms with van der Waals surface area (Å²) >= 11 is 0. The normalized spacial score (nSPS) is 13.7. The van der Waals surface area contributed by atoms with Crippen LogP contribution >= 0.6 is 0 Å². The van der Waals surface area contributed by atoms with Gasteiger partial charge in [-0.1, -0.05) is 0 Å². The summed E-state index contributed by atoms with van der Waals surface area (Å²) in [5.41, 5.74) is 0.823. The van der Waals surface area contributed by atoms with Crippen molar-refractivity contribution in [3.63, 3.8) is 0 Å². The molecule has 0 saturated carbocycles. The molecule has 0 spiro atoms. The van der Waals surface area contributed by atoms with Gasteiger partial charge in [0.2, 0.25) is 0 Å². The number of furan rings is 1. The summed E-state index contributed by atoms with van der Waals surface area (Å²) in [7, 11) is 1.44. The van der Waals surface area contributed by atoms with Crippen LogP contribution in [-0.4, -0.2) is 55.5 Å². The highest BCUT2D eigenvalue weighted by molar-refractivity contribution is 5.95. The molecule has 2 heterocycles. The number of methoxy groups -OCH3 is 1. The summed E-state index contributed by atoms with van der Waals surface area (Å²) in [6, 6.07) is 13.3. The van der Waals surface area contributed by atoms with Crippen LogP contribution in [0.2, 0.25) is 0 Å². The van der Waals surface area contributed by atoms with Gasteiger partial charge >= 0.3 is 0 Å². The number of nitrogens with one attached hydrogen (secondary N) is 2. The molecule has 1 aromatic heterocycles. The Hall–Kier alpha value is -4.34. The number of piperidine rings is 1. The van der Waals surface area contributed by atoms with Crippen LogP contribution in [0.5, 0.6) is 11.5 Å². The van der Waals surface area contributed by atoms with Crippen molar-refractivity contribution in [2.75, 3.05) is 32.1 Å². The first kappa shape index (κ1) is 24.8. The van der Waals surface area contributed by atoms with Crippen LogP contribution in [0.15, 0.2) is 65.3 Å². The Morgan fingerprint density at radius 1 is 1.06 bits per heavy atom. The van der Waals surface area contributed by atoms with Crippen LogP contribution in [0, 0.1) is 5.82 Å². The summed E-state index contributed by atoms with van der Waals surface area (Å²) < 4.78 is 29.0. The highest BCUT2D eigenvalue weighted by Crippen LogP contribution is 2.28. The van der Waals surface area contributed by atoms with Gasteiger partial charge in [-0.25, -0.2) is 4.39 Å². The first-order valence-corrected chi connectivity index (χ1v) is 11.4. The van der Waals surface area contributed by atoms with Crippen LogP contribution in [0.25, 0.3) is 0 Å². The molecule has 2 N–H and O–H groups in total. The van der Waals surface area contributed by atoms with E-state index >= 15 is 0 Å². The van der Waals surface area contributed by atoms with E-state index in [1.54, 1.807) is 29.2 Å². The number of anilines is 1. The lowest BCUT2D eigenvalue weighted by Crippen LogP contribution is -2.46. The van der Waals surface area contributed by atoms with Crippen LogP contribution in [0.3, 0.4) is 0 Å². The monoisotopic (exact) mass is 495 g/mol. The van der Waals surface area contributed by atoms with E-state index < -0.39 is 11.7 Å². The van der Waals surface area contributed by atoms with Crippen molar-refractivity contribution in [1.29, 1.82) is 0 Å². The molecule has 2 aromatic carbocycles. The van der Waals surface area contributed by atoms with E-state index in [9.17, 15) is 18.8 Å². The van der Waals surface area contributed by atoms with Gasteiger partial charge in [0, 0.05) is 30.4 Å². The number of nitrogens with zero attached hydrogens (tertiary/aromatic N) is 1. The van der Waals surface area contributed by atoms with Gasteiger partial charge in [0.05, 0.1) is 13.4 Å². The number of ether oxygens (including phenoxy) is 2. The summed E-state index contributed by atoms with van der Waals surface area (Å²) in [5, 5.41) is 5.60. The van der Waals surface area contributed by atoms with Crippen LogP contribution in [-0.2, 0) is 4.79 Å². The third kappa shape index (κ3) is 6.21. The molecule has 0 aliphatic carbocycles. The van der Waals surface area contributed by atoms with Gasteiger partial charge in [-0.05, 0) is 67.4 Å². The predicted molar refractivity (Wildman–Crippen MR) is 129 cm³/mol. The summed E-state index contributed by atoms with van der Waals surface area (Å²) in [4.78, 5) is 39.0. The van der Waals surface area contributed by atoms with Gasteiger partial charge in [-0.3, -0.25) is 14.4 Å². The standard InChI is InChI=1S/C26H26FN3O6/c1-34-23-15-17(4-9-21(23)36-16-24(31)28-19-7-5-18(27)6-8-19)25(32)29-20-10-12-30(13-11-20)26(33)22-3-2-14-35-22/h2-9,14-15,20H,10-13,16H2,1H3,(H,28,31)(H,29,32). The zero-order valence-electron chi connectivity index (χ0n) is 19.7. The molecule has 9 nitrogen and oxygen atoms in total. The van der Waals surface area contributed by atoms with Crippen molar-refractivity contribution in [3.8, 4) is 11.5 Å². The quantitative estimate of drug-likeness (QED) is 0.495. The molecule has 36 heavy (non-hydrogen) atoms. The third-order valence-corrected chi connectivity index (χ3v) is 5.76. The van der Waals surface area contributed by atoms with E-state index in [2.05, 4.69) is 10.6 Å². The van der Waals surface area contributed by atoms with Crippen LogP contribution in [0.1, 0.15) is 33.8 Å². The maximum absolute atomic E-state index is 13.0. The Labute approximate surface area is 207 Å². The fourth-order valence-corrected chi connectivity index (χ4v) is 3.85. The average molecular weight is 496 g/mol. The minimum Gasteiger partial charge on any atom is -0.493 e. The number of hydrogen-bond donors (Lipinski definition) is 2. The maximum atomic E-state index is 13.0. The number of hydrogen-bond acceptors (Lipinski definition) is 6. The summed E-state index contributed by atoms with van der Waals surface area (Å²) in [6.07, 6.45) is 2.72. The van der Waals surface area contributed by atoms with Gasteiger partial charge in [0.15, 0.2) is 23.9 Å². The Bertz CT molecular complexity index is 1200. The summed E-state index contributed by atoms with van der Waals surface area (Å²) in [6.45, 7) is 0.732. The summed E-state index contributed by atoms with van der Waals surface area (Å²) in [5.74, 6) is -0.351. The predicted octanol–water partition coefficient (Wildman–Crippen LogP) is 3.48. The van der Waals surface area contributed by atoms with E-state index in [0.29, 0.717) is 54.4 Å². The van der Waals surface area contributed by atoms with Crippen molar-refractivity contribution in [2.45, 2.75) is 18.9 Å². The van der Waals surface area contributed by atoms with E-state index in [-0.39, 0.29) is 24.5 Å². The Kier molecular flexibility index (Phi) is 7.84. The van der Waals surface area contributed by atoms with Crippen LogP contribution in [0.4, 0.5) is 10.1 Å². The molecule has 4 rings (SSSR count). The number of halogens is 1. The fraction of sp³-hybridized carbons (Fsp3) is 0.269. The molecule has 0 unspecified atom stereocenters. The third-order valence-electron chi connectivity index (χ3n) is 5.76. The first-order chi connectivity index (χ1) is 17.4. The zero-order valence-corrected chi connectivity index (χ0v) is 19.7. The van der Waals surface area contributed by atoms with Crippen molar-refractivity contribution in [1.82, 2.24) is 10.2 Å². The molecule has 1 fully saturated rings. The molecule has 188 valence electrons. The van der Waals surface area contributed by atoms with Crippen molar-refractivity contribution >= 4 is 23.4 Å². The molecule has 10 heteroatoms. The van der Waals surface area contributed by atoms with Gasteiger partial charge in [0.25, 0.3) is 17.7 Å².